The van der Waals surface area contributed by atoms with Crippen LogP contribution in [0.2, 0.25) is 0 Å². The number of nitrogens with zero attached hydrogens (tertiary/aromatic N) is 4. The summed E-state index contributed by atoms with van der Waals surface area (Å²) in [6.45, 7) is 0.866. The maximum atomic E-state index is 5.31. The predicted molar refractivity (Wildman–Crippen MR) is 84.7 cm³/mol. The molecule has 3 rings (SSSR count). The zero-order valence-electron chi connectivity index (χ0n) is 12.2. The molecule has 6 nitrogen and oxygen atoms in total. The second-order valence-electron chi connectivity index (χ2n) is 4.53. The molecule has 0 unspecified atom stereocenters. The van der Waals surface area contributed by atoms with E-state index in [2.05, 4.69) is 15.2 Å². The minimum absolute atomic E-state index is 0.556. The second-order valence-corrected chi connectivity index (χ2v) is 5.64. The molecule has 0 aliphatic rings. The van der Waals surface area contributed by atoms with Crippen molar-refractivity contribution in [3.8, 4) is 17.1 Å². The monoisotopic (exact) mass is 316 g/mol. The lowest BCUT2D eigenvalue weighted by Gasteiger charge is -2.03. The molecule has 0 fully saturated rings. The van der Waals surface area contributed by atoms with Crippen LogP contribution in [0.5, 0.6) is 5.75 Å². The fourth-order valence-electron chi connectivity index (χ4n) is 2.00. The number of methoxy groups -OCH3 is 1. The molecule has 114 valence electrons. The first-order valence-electron chi connectivity index (χ1n) is 6.88. The lowest BCUT2D eigenvalue weighted by Crippen LogP contribution is -2.00. The third kappa shape index (κ3) is 3.48. The number of rotatable bonds is 7. The van der Waals surface area contributed by atoms with E-state index < -0.39 is 0 Å². The minimum atomic E-state index is 0.556. The van der Waals surface area contributed by atoms with Gasteiger partial charge in [-0.3, -0.25) is 4.68 Å². The van der Waals surface area contributed by atoms with Crippen LogP contribution >= 0.6 is 11.8 Å². The lowest BCUT2D eigenvalue weighted by atomic mass is 10.2. The minimum Gasteiger partial charge on any atom is -0.496 e. The van der Waals surface area contributed by atoms with Crippen molar-refractivity contribution in [1.29, 1.82) is 0 Å². The average Bonchev–Trinajstić information content (AvgIpc) is 3.23. The summed E-state index contributed by atoms with van der Waals surface area (Å²) in [7, 11) is 1.63. The molecule has 1 aromatic carbocycles. The SMILES string of the molecule is COc1ccccc1-c1noc(CSCCn2cccn2)n1. The van der Waals surface area contributed by atoms with Crippen LogP contribution in [-0.4, -0.2) is 32.8 Å². The summed E-state index contributed by atoms with van der Waals surface area (Å²) in [5.74, 6) is 3.53. The third-order valence-corrected chi connectivity index (χ3v) is 3.99. The Morgan fingerprint density at radius 3 is 3.00 bits per heavy atom. The fraction of sp³-hybridized carbons (Fsp3) is 0.267. The Kier molecular flexibility index (Phi) is 4.75. The molecule has 0 aliphatic heterocycles. The fourth-order valence-corrected chi connectivity index (χ4v) is 2.75. The summed E-state index contributed by atoms with van der Waals surface area (Å²) < 4.78 is 12.5. The molecule has 0 radical (unpaired) electrons. The van der Waals surface area contributed by atoms with Crippen LogP contribution in [0.1, 0.15) is 5.89 Å². The van der Waals surface area contributed by atoms with Crippen LogP contribution in [0, 0.1) is 0 Å². The van der Waals surface area contributed by atoms with Gasteiger partial charge in [0.1, 0.15) is 5.75 Å². The van der Waals surface area contributed by atoms with E-state index in [9.17, 15) is 0 Å². The maximum absolute atomic E-state index is 5.31. The molecule has 3 aromatic rings. The van der Waals surface area contributed by atoms with E-state index in [1.165, 1.54) is 0 Å². The molecular weight excluding hydrogens is 300 g/mol. The van der Waals surface area contributed by atoms with Crippen LogP contribution in [0.25, 0.3) is 11.4 Å². The molecule has 22 heavy (non-hydrogen) atoms. The van der Waals surface area contributed by atoms with E-state index in [0.29, 0.717) is 17.5 Å². The molecule has 2 aromatic heterocycles. The molecule has 0 spiro atoms. The summed E-state index contributed by atoms with van der Waals surface area (Å²) in [5, 5.41) is 8.19. The Bertz CT molecular complexity index is 712. The molecule has 0 amide bonds. The van der Waals surface area contributed by atoms with Crippen LogP contribution in [-0.2, 0) is 12.3 Å². The van der Waals surface area contributed by atoms with Gasteiger partial charge >= 0.3 is 0 Å². The number of para-hydroxylation sites is 1. The van der Waals surface area contributed by atoms with Gasteiger partial charge in [-0.2, -0.15) is 21.8 Å². The van der Waals surface area contributed by atoms with Crippen molar-refractivity contribution in [3.05, 3.63) is 48.6 Å². The molecular formula is C15H16N4O2S. The van der Waals surface area contributed by atoms with E-state index in [4.69, 9.17) is 9.26 Å². The number of aryl methyl sites for hydroxylation is 1. The first-order valence-corrected chi connectivity index (χ1v) is 8.03. The molecule has 0 N–H and O–H groups in total. The maximum Gasteiger partial charge on any atom is 0.236 e. The highest BCUT2D eigenvalue weighted by Crippen LogP contribution is 2.27. The van der Waals surface area contributed by atoms with E-state index in [0.717, 1.165) is 23.6 Å². The van der Waals surface area contributed by atoms with Gasteiger partial charge in [-0.1, -0.05) is 17.3 Å². The zero-order chi connectivity index (χ0) is 15.2. The van der Waals surface area contributed by atoms with Crippen molar-refractivity contribution in [1.82, 2.24) is 19.9 Å². The van der Waals surface area contributed by atoms with Gasteiger partial charge in [0.05, 0.1) is 18.4 Å². The Morgan fingerprint density at radius 1 is 1.27 bits per heavy atom. The molecule has 0 aliphatic carbocycles. The van der Waals surface area contributed by atoms with Crippen LogP contribution < -0.4 is 4.74 Å². The summed E-state index contributed by atoms with van der Waals surface area (Å²) >= 11 is 1.73. The Labute approximate surface area is 132 Å². The summed E-state index contributed by atoms with van der Waals surface area (Å²) in [6.07, 6.45) is 3.73. The van der Waals surface area contributed by atoms with Gasteiger partial charge < -0.3 is 9.26 Å². The Morgan fingerprint density at radius 2 is 2.18 bits per heavy atom. The van der Waals surface area contributed by atoms with Crippen molar-refractivity contribution >= 4 is 11.8 Å². The Balaban J connectivity index is 1.57. The van der Waals surface area contributed by atoms with Gasteiger partial charge in [0.25, 0.3) is 0 Å². The van der Waals surface area contributed by atoms with E-state index in [1.54, 1.807) is 25.1 Å². The quantitative estimate of drug-likeness (QED) is 0.624. The number of thioether (sulfide) groups is 1. The van der Waals surface area contributed by atoms with E-state index >= 15 is 0 Å². The molecule has 0 saturated heterocycles. The van der Waals surface area contributed by atoms with E-state index in [-0.39, 0.29) is 0 Å². The van der Waals surface area contributed by atoms with Gasteiger partial charge in [0.2, 0.25) is 11.7 Å². The molecule has 7 heteroatoms. The van der Waals surface area contributed by atoms with Gasteiger partial charge in [0, 0.05) is 24.7 Å². The Hall–Kier alpha value is -2.28. The number of aromatic nitrogens is 4. The highest BCUT2D eigenvalue weighted by molar-refractivity contribution is 7.98. The lowest BCUT2D eigenvalue weighted by molar-refractivity contribution is 0.390. The average molecular weight is 316 g/mol. The zero-order valence-corrected chi connectivity index (χ0v) is 13.0. The first kappa shape index (κ1) is 14.6. The van der Waals surface area contributed by atoms with E-state index in [1.807, 2.05) is 41.2 Å². The standard InChI is InChI=1S/C15H16N4O2S/c1-20-13-6-3-2-5-12(13)15-17-14(21-18-15)11-22-10-9-19-8-4-7-16-19/h2-8H,9-11H2,1H3. The van der Waals surface area contributed by atoms with Crippen molar-refractivity contribution in [2.75, 3.05) is 12.9 Å². The molecule has 0 atom stereocenters. The summed E-state index contributed by atoms with van der Waals surface area (Å²) in [4.78, 5) is 4.42. The number of hydrogen-bond acceptors (Lipinski definition) is 6. The largest absolute Gasteiger partial charge is 0.496 e. The molecule has 0 saturated carbocycles. The topological polar surface area (TPSA) is 66.0 Å². The number of ether oxygens (including phenoxy) is 1. The summed E-state index contributed by atoms with van der Waals surface area (Å²) in [6, 6.07) is 9.55. The van der Waals surface area contributed by atoms with Crippen LogP contribution in [0.15, 0.2) is 47.2 Å². The highest BCUT2D eigenvalue weighted by atomic mass is 32.2. The number of benzene rings is 1. The van der Waals surface area contributed by atoms with Gasteiger partial charge in [-0.15, -0.1) is 0 Å². The molecule has 0 bridgehead atoms. The van der Waals surface area contributed by atoms with Crippen molar-refractivity contribution in [2.24, 2.45) is 0 Å². The first-order chi connectivity index (χ1) is 10.9. The number of hydrogen-bond donors (Lipinski definition) is 0. The third-order valence-electron chi connectivity index (χ3n) is 3.07. The van der Waals surface area contributed by atoms with Crippen molar-refractivity contribution < 1.29 is 9.26 Å². The smallest absolute Gasteiger partial charge is 0.236 e. The molecule has 2 heterocycles. The van der Waals surface area contributed by atoms with Crippen molar-refractivity contribution in [2.45, 2.75) is 12.3 Å². The van der Waals surface area contributed by atoms with Gasteiger partial charge in [0.15, 0.2) is 0 Å². The van der Waals surface area contributed by atoms with Gasteiger partial charge in [-0.25, -0.2) is 0 Å². The highest BCUT2D eigenvalue weighted by Gasteiger charge is 2.12. The van der Waals surface area contributed by atoms with Crippen LogP contribution in [0.4, 0.5) is 0 Å². The predicted octanol–water partition coefficient (Wildman–Crippen LogP) is 2.88. The second kappa shape index (κ2) is 7.13. The van der Waals surface area contributed by atoms with Crippen LogP contribution in [0.3, 0.4) is 0 Å². The summed E-state index contributed by atoms with van der Waals surface area (Å²) in [5.41, 5.74) is 0.835. The van der Waals surface area contributed by atoms with Gasteiger partial charge in [-0.05, 0) is 18.2 Å². The van der Waals surface area contributed by atoms with Crippen molar-refractivity contribution in [3.63, 3.8) is 0 Å². The normalized spacial score (nSPS) is 10.8.